The van der Waals surface area contributed by atoms with Crippen molar-refractivity contribution in [1.82, 2.24) is 0 Å². The SMILES string of the molecule is CSP(=O)(C(C)C)C(C)C. The van der Waals surface area contributed by atoms with E-state index in [-0.39, 0.29) is 0 Å². The van der Waals surface area contributed by atoms with Gasteiger partial charge < -0.3 is 4.57 Å². The van der Waals surface area contributed by atoms with Crippen LogP contribution in [-0.4, -0.2) is 17.6 Å². The Balaban J connectivity index is 4.40. The second-order valence-corrected chi connectivity index (χ2v) is 9.54. The van der Waals surface area contributed by atoms with Crippen LogP contribution >= 0.6 is 17.7 Å². The largest absolute Gasteiger partial charge is 0.312 e. The lowest BCUT2D eigenvalue weighted by Crippen LogP contribution is -2.04. The van der Waals surface area contributed by atoms with E-state index in [4.69, 9.17) is 0 Å². The van der Waals surface area contributed by atoms with Crippen LogP contribution in [0.25, 0.3) is 0 Å². The van der Waals surface area contributed by atoms with E-state index in [2.05, 4.69) is 0 Å². The molecule has 0 unspecified atom stereocenters. The van der Waals surface area contributed by atoms with Crippen LogP contribution in [0.15, 0.2) is 0 Å². The Hall–Kier alpha value is 0.580. The van der Waals surface area contributed by atoms with E-state index in [9.17, 15) is 4.57 Å². The van der Waals surface area contributed by atoms with E-state index in [1.54, 1.807) is 11.4 Å². The summed E-state index contributed by atoms with van der Waals surface area (Å²) in [6.45, 7) is 8.16. The van der Waals surface area contributed by atoms with Gasteiger partial charge in [0.2, 0.25) is 0 Å². The first-order valence-corrected chi connectivity index (χ1v) is 7.27. The van der Waals surface area contributed by atoms with Crippen LogP contribution in [0.4, 0.5) is 0 Å². The van der Waals surface area contributed by atoms with Crippen molar-refractivity contribution >= 4 is 17.7 Å². The van der Waals surface area contributed by atoms with E-state index < -0.39 is 6.34 Å². The Morgan fingerprint density at radius 1 is 1.10 bits per heavy atom. The van der Waals surface area contributed by atoms with Gasteiger partial charge in [0.15, 0.2) is 0 Å². The molecule has 0 rings (SSSR count). The molecular formula is C7H17OPS. The summed E-state index contributed by atoms with van der Waals surface area (Å²) in [5, 5.41) is 0. The highest BCUT2D eigenvalue weighted by Crippen LogP contribution is 2.64. The fourth-order valence-electron chi connectivity index (χ4n) is 1.02. The van der Waals surface area contributed by atoms with E-state index in [1.165, 1.54) is 0 Å². The standard InChI is InChI=1S/C7H17OPS/c1-6(2)9(8,10-5)7(3)4/h6-7H,1-5H3. The van der Waals surface area contributed by atoms with Gasteiger partial charge in [-0.2, -0.15) is 0 Å². The van der Waals surface area contributed by atoms with Crippen LogP contribution in [0.3, 0.4) is 0 Å². The Bertz CT molecular complexity index is 131. The Morgan fingerprint density at radius 3 is 1.40 bits per heavy atom. The van der Waals surface area contributed by atoms with Gasteiger partial charge in [-0.3, -0.25) is 0 Å². The monoisotopic (exact) mass is 180 g/mol. The molecule has 0 fully saturated rings. The Labute approximate surface area is 68.1 Å². The fourth-order valence-corrected chi connectivity index (χ4v) is 5.58. The molecule has 0 N–H and O–H groups in total. The molecule has 0 amide bonds. The molecule has 3 heteroatoms. The lowest BCUT2D eigenvalue weighted by atomic mass is 10.5. The van der Waals surface area contributed by atoms with Crippen molar-refractivity contribution in [3.8, 4) is 0 Å². The van der Waals surface area contributed by atoms with Gasteiger partial charge in [0.1, 0.15) is 6.34 Å². The zero-order valence-corrected chi connectivity index (χ0v) is 9.13. The van der Waals surface area contributed by atoms with Crippen LogP contribution in [0.1, 0.15) is 27.7 Å². The first kappa shape index (κ1) is 10.6. The van der Waals surface area contributed by atoms with Crippen LogP contribution in [0.2, 0.25) is 0 Å². The van der Waals surface area contributed by atoms with Crippen molar-refractivity contribution in [3.63, 3.8) is 0 Å². The maximum absolute atomic E-state index is 11.9. The second kappa shape index (κ2) is 3.82. The maximum atomic E-state index is 11.9. The quantitative estimate of drug-likeness (QED) is 0.619. The molecule has 0 aliphatic heterocycles. The molecule has 0 atom stereocenters. The number of hydrogen-bond donors (Lipinski definition) is 0. The molecule has 0 aliphatic carbocycles. The number of hydrogen-bond acceptors (Lipinski definition) is 2. The van der Waals surface area contributed by atoms with Gasteiger partial charge in [0.05, 0.1) is 0 Å². The van der Waals surface area contributed by atoms with Crippen LogP contribution in [-0.2, 0) is 4.57 Å². The normalized spacial score (nSPS) is 13.1. The van der Waals surface area contributed by atoms with Gasteiger partial charge >= 0.3 is 0 Å². The molecule has 0 heterocycles. The van der Waals surface area contributed by atoms with Crippen molar-refractivity contribution < 1.29 is 4.57 Å². The summed E-state index contributed by atoms with van der Waals surface area (Å²) >= 11 is 1.54. The Morgan fingerprint density at radius 2 is 1.40 bits per heavy atom. The molecule has 62 valence electrons. The summed E-state index contributed by atoms with van der Waals surface area (Å²) < 4.78 is 11.9. The predicted molar refractivity (Wildman–Crippen MR) is 51.4 cm³/mol. The second-order valence-electron chi connectivity index (χ2n) is 3.02. The molecule has 10 heavy (non-hydrogen) atoms. The van der Waals surface area contributed by atoms with Crippen molar-refractivity contribution in [2.45, 2.75) is 39.0 Å². The Kier molecular flexibility index (Phi) is 4.05. The molecule has 0 spiro atoms. The van der Waals surface area contributed by atoms with E-state index in [0.717, 1.165) is 0 Å². The van der Waals surface area contributed by atoms with Crippen molar-refractivity contribution in [1.29, 1.82) is 0 Å². The first-order valence-electron chi connectivity index (χ1n) is 3.60. The van der Waals surface area contributed by atoms with Gasteiger partial charge in [0.25, 0.3) is 0 Å². The summed E-state index contributed by atoms with van der Waals surface area (Å²) in [5.74, 6) is 0. The summed E-state index contributed by atoms with van der Waals surface area (Å²) in [5.41, 5.74) is 0.644. The molecule has 0 aromatic heterocycles. The van der Waals surface area contributed by atoms with Crippen molar-refractivity contribution in [3.05, 3.63) is 0 Å². The number of rotatable bonds is 3. The highest BCUT2D eigenvalue weighted by Gasteiger charge is 2.28. The van der Waals surface area contributed by atoms with E-state index >= 15 is 0 Å². The molecule has 1 nitrogen and oxygen atoms in total. The van der Waals surface area contributed by atoms with Gasteiger partial charge in [-0.15, -0.1) is 0 Å². The zero-order valence-electron chi connectivity index (χ0n) is 7.42. The zero-order chi connectivity index (χ0) is 8.36. The van der Waals surface area contributed by atoms with Crippen LogP contribution < -0.4 is 0 Å². The third-order valence-electron chi connectivity index (χ3n) is 1.72. The average Bonchev–Trinajstić information content (AvgIpc) is 1.85. The molecule has 0 aromatic carbocycles. The molecule has 0 bridgehead atoms. The van der Waals surface area contributed by atoms with Crippen LogP contribution in [0, 0.1) is 0 Å². The maximum Gasteiger partial charge on any atom is 0.143 e. The summed E-state index contributed by atoms with van der Waals surface area (Å²) in [7, 11) is 0. The molecule has 0 aromatic rings. The van der Waals surface area contributed by atoms with Crippen molar-refractivity contribution in [2.75, 3.05) is 6.26 Å². The van der Waals surface area contributed by atoms with Gasteiger partial charge in [-0.25, -0.2) is 0 Å². The summed E-state index contributed by atoms with van der Waals surface area (Å²) in [6, 6.07) is 0. The minimum absolute atomic E-state index is 0.322. The summed E-state index contributed by atoms with van der Waals surface area (Å²) in [4.78, 5) is 0. The predicted octanol–water partition coefficient (Wildman–Crippen LogP) is 3.44. The minimum Gasteiger partial charge on any atom is -0.312 e. The first-order chi connectivity index (χ1) is 4.45. The average molecular weight is 180 g/mol. The molecular weight excluding hydrogens is 163 g/mol. The molecule has 0 saturated carbocycles. The van der Waals surface area contributed by atoms with Crippen molar-refractivity contribution in [2.24, 2.45) is 0 Å². The minimum atomic E-state index is -1.93. The molecule has 0 saturated heterocycles. The van der Waals surface area contributed by atoms with E-state index in [0.29, 0.717) is 11.3 Å². The fraction of sp³-hybridized carbons (Fsp3) is 1.00. The van der Waals surface area contributed by atoms with Gasteiger partial charge in [-0.05, 0) is 6.26 Å². The third-order valence-corrected chi connectivity index (χ3v) is 9.42. The lowest BCUT2D eigenvalue weighted by molar-refractivity contribution is 0.573. The van der Waals surface area contributed by atoms with E-state index in [1.807, 2.05) is 34.0 Å². The lowest BCUT2D eigenvalue weighted by Gasteiger charge is -2.23. The topological polar surface area (TPSA) is 17.1 Å². The van der Waals surface area contributed by atoms with Crippen LogP contribution in [0.5, 0.6) is 0 Å². The third kappa shape index (κ3) is 2.03. The van der Waals surface area contributed by atoms with Gasteiger partial charge in [-0.1, -0.05) is 39.1 Å². The highest BCUT2D eigenvalue weighted by molar-refractivity contribution is 8.58. The summed E-state index contributed by atoms with van der Waals surface area (Å²) in [6.07, 6.45) is 0.0177. The molecule has 0 radical (unpaired) electrons. The smallest absolute Gasteiger partial charge is 0.143 e. The molecule has 0 aliphatic rings. The highest BCUT2D eigenvalue weighted by atomic mass is 32.7. The van der Waals surface area contributed by atoms with Gasteiger partial charge in [0, 0.05) is 11.3 Å².